The molecule has 0 spiro atoms. The maximum Gasteiger partial charge on any atom is 0.338 e. The van der Waals surface area contributed by atoms with Gasteiger partial charge >= 0.3 is 11.9 Å². The molecule has 4 heterocycles. The van der Waals surface area contributed by atoms with Gasteiger partial charge in [0.15, 0.2) is 22.5 Å². The zero-order valence-electron chi connectivity index (χ0n) is 25.2. The van der Waals surface area contributed by atoms with Crippen LogP contribution in [-0.2, 0) is 23.9 Å². The van der Waals surface area contributed by atoms with Crippen LogP contribution in [0.1, 0.15) is 37.4 Å². The Kier molecular flexibility index (Phi) is 9.78. The summed E-state index contributed by atoms with van der Waals surface area (Å²) in [5.74, 6) is -7.71. The predicted octanol–water partition coefficient (Wildman–Crippen LogP) is 4.04. The monoisotopic (exact) mass is 689 g/mol. The number of aromatic nitrogens is 1. The Morgan fingerprint density at radius 2 is 2.07 bits per heavy atom. The van der Waals surface area contributed by atoms with E-state index >= 15 is 8.78 Å². The van der Waals surface area contributed by atoms with Crippen molar-refractivity contribution < 1.29 is 46.6 Å². The summed E-state index contributed by atoms with van der Waals surface area (Å²) in [5, 5.41) is 15.3. The molecule has 2 N–H and O–H groups in total. The van der Waals surface area contributed by atoms with Gasteiger partial charge in [0, 0.05) is 36.5 Å². The summed E-state index contributed by atoms with van der Waals surface area (Å²) in [6.45, 7) is 3.03. The van der Waals surface area contributed by atoms with Crippen LogP contribution in [0.5, 0.6) is 0 Å². The third kappa shape index (κ3) is 6.25. The van der Waals surface area contributed by atoms with Crippen molar-refractivity contribution in [3.63, 3.8) is 0 Å². The van der Waals surface area contributed by atoms with Crippen LogP contribution in [0.25, 0.3) is 0 Å². The van der Waals surface area contributed by atoms with Gasteiger partial charge in [0.05, 0.1) is 54.5 Å². The number of nitrogens with one attached hydrogen (secondary N) is 1. The molecule has 46 heavy (non-hydrogen) atoms. The van der Waals surface area contributed by atoms with E-state index in [1.807, 2.05) is 0 Å². The standard InChI is InChI=1S/C29H32ClF4N5O6S/c1-5-44-26(40)19-16(36-24(25-35-8-9-46-25)37-22(19)14-6-7-15(31)21(32)20(14)30)10-38-13-29(33,34)23-17(38)12-45-39(23)11-18(43-4)28(2,3)27(41)42/h6-9,17-18,22-23H,5,10-13H2,1-4H3,(H,36,37)(H,41,42)/t17-,18+,22-,23+/m0/s1. The first-order chi connectivity index (χ1) is 21.7. The van der Waals surface area contributed by atoms with Crippen LogP contribution in [0, 0.1) is 17.0 Å². The average Bonchev–Trinajstić information content (AvgIpc) is 3.73. The predicted molar refractivity (Wildman–Crippen MR) is 159 cm³/mol. The molecule has 0 bridgehead atoms. The van der Waals surface area contributed by atoms with E-state index in [2.05, 4.69) is 15.3 Å². The molecule has 2 fully saturated rings. The van der Waals surface area contributed by atoms with Gasteiger partial charge in [-0.15, -0.1) is 11.3 Å². The molecule has 3 aliphatic heterocycles. The number of methoxy groups -OCH3 is 1. The molecule has 5 rings (SSSR count). The lowest BCUT2D eigenvalue weighted by molar-refractivity contribution is -0.205. The molecule has 1 aromatic carbocycles. The highest BCUT2D eigenvalue weighted by Gasteiger charge is 2.61. The molecule has 0 radical (unpaired) electrons. The number of hydrogen-bond acceptors (Lipinski definition) is 11. The molecule has 0 aliphatic carbocycles. The van der Waals surface area contributed by atoms with Crippen molar-refractivity contribution in [2.75, 3.05) is 40.0 Å². The Balaban J connectivity index is 1.53. The number of halogens is 5. The molecular weight excluding hydrogens is 658 g/mol. The summed E-state index contributed by atoms with van der Waals surface area (Å²) in [5.41, 5.74) is -1.44. The second kappa shape index (κ2) is 13.2. The van der Waals surface area contributed by atoms with E-state index in [1.165, 1.54) is 49.5 Å². The molecule has 2 aromatic rings. The number of carbonyl (C=O) groups is 2. The number of alkyl halides is 2. The number of benzene rings is 1. The number of rotatable bonds is 11. The molecule has 17 heteroatoms. The quantitative estimate of drug-likeness (QED) is 0.203. The Morgan fingerprint density at radius 1 is 1.33 bits per heavy atom. The number of ether oxygens (including phenoxy) is 2. The number of nitrogens with zero attached hydrogens (tertiary/aromatic N) is 4. The number of carbonyl (C=O) groups excluding carboxylic acids is 1. The molecule has 1 aromatic heterocycles. The van der Waals surface area contributed by atoms with E-state index in [4.69, 9.17) is 25.9 Å². The number of aliphatic imine (C=N–C) groups is 1. The van der Waals surface area contributed by atoms with Crippen molar-refractivity contribution in [2.45, 2.75) is 50.9 Å². The SMILES string of the molecule is CCOC(=O)C1=C(CN2CC(F)(F)[C@H]3[C@@H]2CON3C[C@@H](OC)C(C)(C)C(=O)O)NC(c2nccs2)=N[C@H]1c1ccc(F)c(F)c1Cl. The average molecular weight is 690 g/mol. The van der Waals surface area contributed by atoms with Gasteiger partial charge in [0.1, 0.15) is 12.1 Å². The van der Waals surface area contributed by atoms with Crippen molar-refractivity contribution in [1.29, 1.82) is 0 Å². The summed E-state index contributed by atoms with van der Waals surface area (Å²) in [7, 11) is 1.30. The van der Waals surface area contributed by atoms with Gasteiger partial charge < -0.3 is 19.9 Å². The fraction of sp³-hybridized carbons (Fsp3) is 0.517. The topological polar surface area (TPSA) is 126 Å². The number of hydrogen-bond donors (Lipinski definition) is 2. The number of likely N-dealkylation sites (tertiary alicyclic amines) is 1. The molecule has 0 saturated carbocycles. The second-order valence-corrected chi connectivity index (χ2v) is 12.8. The summed E-state index contributed by atoms with van der Waals surface area (Å²) < 4.78 is 70.9. The van der Waals surface area contributed by atoms with Crippen LogP contribution in [0.4, 0.5) is 17.6 Å². The molecule has 2 saturated heterocycles. The number of esters is 1. The van der Waals surface area contributed by atoms with Crippen LogP contribution >= 0.6 is 22.9 Å². The van der Waals surface area contributed by atoms with E-state index in [0.717, 1.165) is 11.1 Å². The Bertz CT molecular complexity index is 1560. The molecule has 3 aliphatic rings. The number of hydroxylamine groups is 2. The van der Waals surface area contributed by atoms with Crippen molar-refractivity contribution >= 4 is 40.7 Å². The maximum atomic E-state index is 15.7. The first-order valence-electron chi connectivity index (χ1n) is 14.3. The van der Waals surface area contributed by atoms with E-state index in [0.29, 0.717) is 5.01 Å². The first kappa shape index (κ1) is 34.2. The number of amidine groups is 1. The fourth-order valence-corrected chi connectivity index (χ4v) is 6.70. The first-order valence-corrected chi connectivity index (χ1v) is 15.5. The highest BCUT2D eigenvalue weighted by atomic mass is 35.5. The fourth-order valence-electron chi connectivity index (χ4n) is 5.85. The third-order valence-electron chi connectivity index (χ3n) is 8.37. The summed E-state index contributed by atoms with van der Waals surface area (Å²) in [4.78, 5) is 41.3. The van der Waals surface area contributed by atoms with E-state index in [9.17, 15) is 23.5 Å². The van der Waals surface area contributed by atoms with E-state index in [-0.39, 0.29) is 49.0 Å². The van der Waals surface area contributed by atoms with Gasteiger partial charge in [0.2, 0.25) is 0 Å². The number of carboxylic acids is 1. The lowest BCUT2D eigenvalue weighted by atomic mass is 9.86. The van der Waals surface area contributed by atoms with Crippen LogP contribution < -0.4 is 5.32 Å². The van der Waals surface area contributed by atoms with E-state index in [1.54, 1.807) is 12.3 Å². The number of aliphatic carboxylic acids is 1. The van der Waals surface area contributed by atoms with Crippen molar-refractivity contribution in [3.05, 3.63) is 62.2 Å². The minimum absolute atomic E-state index is 0.0386. The van der Waals surface area contributed by atoms with Gasteiger partial charge in [-0.3, -0.25) is 19.5 Å². The van der Waals surface area contributed by atoms with Crippen LogP contribution in [0.15, 0.2) is 40.0 Å². The minimum atomic E-state index is -3.32. The van der Waals surface area contributed by atoms with Gasteiger partial charge in [-0.25, -0.2) is 27.3 Å². The third-order valence-corrected chi connectivity index (χ3v) is 9.53. The lowest BCUT2D eigenvalue weighted by Gasteiger charge is -2.34. The second-order valence-electron chi connectivity index (χ2n) is 11.5. The highest BCUT2D eigenvalue weighted by Crippen LogP contribution is 2.43. The van der Waals surface area contributed by atoms with Crippen LogP contribution in [0.2, 0.25) is 5.02 Å². The zero-order chi connectivity index (χ0) is 33.6. The van der Waals surface area contributed by atoms with E-state index < -0.39 is 70.7 Å². The smallest absolute Gasteiger partial charge is 0.338 e. The number of thiazole rings is 1. The molecule has 250 valence electrons. The maximum absolute atomic E-state index is 15.7. The summed E-state index contributed by atoms with van der Waals surface area (Å²) >= 11 is 7.43. The number of fused-ring (bicyclic) bond motifs is 1. The van der Waals surface area contributed by atoms with Gasteiger partial charge in [-0.1, -0.05) is 17.7 Å². The van der Waals surface area contributed by atoms with Gasteiger partial charge in [-0.2, -0.15) is 5.06 Å². The number of carboxylic acid groups (broad SMARTS) is 1. The minimum Gasteiger partial charge on any atom is -0.481 e. The largest absolute Gasteiger partial charge is 0.481 e. The van der Waals surface area contributed by atoms with Gasteiger partial charge in [-0.05, 0) is 26.8 Å². The highest BCUT2D eigenvalue weighted by molar-refractivity contribution is 7.11. The van der Waals surface area contributed by atoms with Crippen molar-refractivity contribution in [2.24, 2.45) is 10.4 Å². The Hall–Kier alpha value is -3.15. The van der Waals surface area contributed by atoms with Gasteiger partial charge in [0.25, 0.3) is 5.92 Å². The van der Waals surface area contributed by atoms with Crippen molar-refractivity contribution in [3.8, 4) is 0 Å². The van der Waals surface area contributed by atoms with Crippen molar-refractivity contribution in [1.82, 2.24) is 20.3 Å². The summed E-state index contributed by atoms with van der Waals surface area (Å²) in [6, 6.07) is -1.59. The summed E-state index contributed by atoms with van der Waals surface area (Å²) in [6.07, 6.45) is 0.536. The lowest BCUT2D eigenvalue weighted by Crippen LogP contribution is -2.51. The van der Waals surface area contributed by atoms with Crippen LogP contribution in [-0.4, -0.2) is 102 Å². The molecule has 4 atom stereocenters. The molecule has 0 unspecified atom stereocenters. The molecule has 11 nitrogen and oxygen atoms in total. The normalized spacial score (nSPS) is 24.0. The van der Waals surface area contributed by atoms with Crippen LogP contribution in [0.3, 0.4) is 0 Å². The Labute approximate surface area is 270 Å². The zero-order valence-corrected chi connectivity index (χ0v) is 26.8. The molecule has 0 amide bonds. The Morgan fingerprint density at radius 3 is 2.70 bits per heavy atom. The molecular formula is C29H32ClF4N5O6S.